The molecule has 1 aromatic heterocycles. The number of benzene rings is 2. The van der Waals surface area contributed by atoms with Gasteiger partial charge in [0.25, 0.3) is 5.91 Å². The van der Waals surface area contributed by atoms with Gasteiger partial charge in [0.2, 0.25) is 0 Å². The van der Waals surface area contributed by atoms with E-state index >= 15 is 0 Å². The highest BCUT2D eigenvalue weighted by molar-refractivity contribution is 6.03. The predicted octanol–water partition coefficient (Wildman–Crippen LogP) is 4.01. The van der Waals surface area contributed by atoms with Crippen LogP contribution in [0.3, 0.4) is 0 Å². The number of aromatic nitrogens is 2. The molecule has 3 aromatic rings. The summed E-state index contributed by atoms with van der Waals surface area (Å²) in [5.41, 5.74) is 1.26. The second-order valence-corrected chi connectivity index (χ2v) is 5.32. The number of hydrogen-bond donors (Lipinski definition) is 2. The van der Waals surface area contributed by atoms with Crippen LogP contribution in [0.1, 0.15) is 17.4 Å². The lowest BCUT2D eigenvalue weighted by atomic mass is 10.2. The Balaban J connectivity index is 1.69. The maximum absolute atomic E-state index is 13.2. The van der Waals surface area contributed by atoms with Gasteiger partial charge in [0.1, 0.15) is 11.6 Å². The maximum atomic E-state index is 13.2. The van der Waals surface area contributed by atoms with E-state index in [9.17, 15) is 9.18 Å². The summed E-state index contributed by atoms with van der Waals surface area (Å²) in [5.74, 6) is 0.233. The smallest absolute Gasteiger partial charge is 0.276 e. The van der Waals surface area contributed by atoms with Crippen molar-refractivity contribution in [1.29, 1.82) is 0 Å². The monoisotopic (exact) mass is 352 g/mol. The number of nitrogens with one attached hydrogen (secondary N) is 2. The van der Waals surface area contributed by atoms with Crippen LogP contribution in [-0.2, 0) is 0 Å². The average Bonchev–Trinajstić information content (AvgIpc) is 2.64. The summed E-state index contributed by atoms with van der Waals surface area (Å²) in [4.78, 5) is 12.3. The van der Waals surface area contributed by atoms with Gasteiger partial charge in [-0.1, -0.05) is 18.2 Å². The molecule has 26 heavy (non-hydrogen) atoms. The summed E-state index contributed by atoms with van der Waals surface area (Å²) >= 11 is 0. The first-order chi connectivity index (χ1) is 12.7. The predicted molar refractivity (Wildman–Crippen MR) is 97.3 cm³/mol. The van der Waals surface area contributed by atoms with Crippen molar-refractivity contribution in [2.45, 2.75) is 6.92 Å². The first-order valence-corrected chi connectivity index (χ1v) is 8.05. The third kappa shape index (κ3) is 4.32. The molecule has 2 N–H and O–H groups in total. The van der Waals surface area contributed by atoms with E-state index in [0.29, 0.717) is 29.5 Å². The lowest BCUT2D eigenvalue weighted by molar-refractivity contribution is 0.102. The lowest BCUT2D eigenvalue weighted by Gasteiger charge is -2.11. The number of halogens is 1. The molecular weight excluding hydrogens is 335 g/mol. The number of amides is 1. The van der Waals surface area contributed by atoms with Gasteiger partial charge in [-0.3, -0.25) is 4.79 Å². The van der Waals surface area contributed by atoms with E-state index in [-0.39, 0.29) is 11.5 Å². The van der Waals surface area contributed by atoms with Crippen LogP contribution in [0, 0.1) is 5.82 Å². The number of rotatable bonds is 6. The first kappa shape index (κ1) is 17.3. The number of hydrogen-bond acceptors (Lipinski definition) is 5. The Labute approximate surface area is 150 Å². The topological polar surface area (TPSA) is 76.1 Å². The Morgan fingerprint density at radius 3 is 2.65 bits per heavy atom. The number of carbonyl (C=O) groups excluding carboxylic acids is 1. The van der Waals surface area contributed by atoms with Crippen LogP contribution in [0.4, 0.5) is 21.6 Å². The number of carbonyl (C=O) groups is 1. The molecule has 0 unspecified atom stereocenters. The Morgan fingerprint density at radius 2 is 1.92 bits per heavy atom. The summed E-state index contributed by atoms with van der Waals surface area (Å²) in [5, 5.41) is 13.5. The Morgan fingerprint density at radius 1 is 1.08 bits per heavy atom. The summed E-state index contributed by atoms with van der Waals surface area (Å²) in [6.45, 7) is 2.36. The Bertz CT molecular complexity index is 900. The minimum Gasteiger partial charge on any atom is -0.492 e. The number of nitrogens with zero attached hydrogens (tertiary/aromatic N) is 2. The molecule has 1 amide bonds. The van der Waals surface area contributed by atoms with Crippen molar-refractivity contribution >= 4 is 23.1 Å². The fourth-order valence-electron chi connectivity index (χ4n) is 2.27. The highest BCUT2D eigenvalue weighted by atomic mass is 19.1. The third-order valence-corrected chi connectivity index (χ3v) is 3.43. The Hall–Kier alpha value is -3.48. The zero-order chi connectivity index (χ0) is 18.4. The van der Waals surface area contributed by atoms with Crippen LogP contribution in [0.5, 0.6) is 5.75 Å². The number of para-hydroxylation sites is 2. The molecule has 6 nitrogen and oxygen atoms in total. The maximum Gasteiger partial charge on any atom is 0.276 e. The van der Waals surface area contributed by atoms with Crippen molar-refractivity contribution < 1.29 is 13.9 Å². The summed E-state index contributed by atoms with van der Waals surface area (Å²) in [6, 6.07) is 16.3. The van der Waals surface area contributed by atoms with E-state index in [2.05, 4.69) is 20.8 Å². The molecule has 0 spiro atoms. The molecule has 2 aromatic carbocycles. The van der Waals surface area contributed by atoms with E-state index < -0.39 is 5.91 Å². The van der Waals surface area contributed by atoms with Gasteiger partial charge in [0, 0.05) is 5.69 Å². The van der Waals surface area contributed by atoms with Crippen LogP contribution < -0.4 is 15.4 Å². The molecule has 0 saturated heterocycles. The third-order valence-electron chi connectivity index (χ3n) is 3.43. The second kappa shape index (κ2) is 8.06. The van der Waals surface area contributed by atoms with Crippen molar-refractivity contribution in [2.24, 2.45) is 0 Å². The summed E-state index contributed by atoms with van der Waals surface area (Å²) in [6.07, 6.45) is 0. The van der Waals surface area contributed by atoms with Crippen molar-refractivity contribution in [3.8, 4) is 5.75 Å². The van der Waals surface area contributed by atoms with E-state index in [1.54, 1.807) is 36.4 Å². The lowest BCUT2D eigenvalue weighted by Crippen LogP contribution is -2.15. The van der Waals surface area contributed by atoms with Gasteiger partial charge in [-0.25, -0.2) is 4.39 Å². The van der Waals surface area contributed by atoms with E-state index in [4.69, 9.17) is 4.74 Å². The van der Waals surface area contributed by atoms with Gasteiger partial charge in [-0.2, -0.15) is 0 Å². The minimum absolute atomic E-state index is 0.154. The fraction of sp³-hybridized carbons (Fsp3) is 0.105. The molecule has 0 aliphatic rings. The van der Waals surface area contributed by atoms with Crippen molar-refractivity contribution in [3.63, 3.8) is 0 Å². The fourth-order valence-corrected chi connectivity index (χ4v) is 2.27. The molecule has 0 atom stereocenters. The molecule has 3 rings (SSSR count). The van der Waals surface area contributed by atoms with Crippen LogP contribution >= 0.6 is 0 Å². The molecule has 0 aliphatic carbocycles. The standard InChI is InChI=1S/C19H17FN4O2/c1-2-26-17-9-4-3-8-15(17)22-19(25)16-10-11-18(24-23-16)21-14-7-5-6-13(20)12-14/h3-12H,2H2,1H3,(H,21,24)(H,22,25). The van der Waals surface area contributed by atoms with Gasteiger partial charge in [-0.15, -0.1) is 10.2 Å². The molecule has 0 radical (unpaired) electrons. The SMILES string of the molecule is CCOc1ccccc1NC(=O)c1ccc(Nc2cccc(F)c2)nn1. The largest absolute Gasteiger partial charge is 0.492 e. The zero-order valence-corrected chi connectivity index (χ0v) is 14.1. The molecule has 0 fully saturated rings. The normalized spacial score (nSPS) is 10.2. The number of anilines is 3. The van der Waals surface area contributed by atoms with Crippen molar-refractivity contribution in [3.05, 3.63) is 72.2 Å². The Kier molecular flexibility index (Phi) is 5.38. The van der Waals surface area contributed by atoms with Gasteiger partial charge in [-0.05, 0) is 49.4 Å². The quantitative estimate of drug-likeness (QED) is 0.701. The summed E-state index contributed by atoms with van der Waals surface area (Å²) < 4.78 is 18.7. The minimum atomic E-state index is -0.401. The van der Waals surface area contributed by atoms with Crippen molar-refractivity contribution in [1.82, 2.24) is 10.2 Å². The molecule has 0 bridgehead atoms. The van der Waals surface area contributed by atoms with Gasteiger partial charge < -0.3 is 15.4 Å². The molecule has 1 heterocycles. The first-order valence-electron chi connectivity index (χ1n) is 8.05. The van der Waals surface area contributed by atoms with E-state index in [1.165, 1.54) is 18.2 Å². The highest BCUT2D eigenvalue weighted by Gasteiger charge is 2.11. The van der Waals surface area contributed by atoms with E-state index in [1.807, 2.05) is 13.0 Å². The van der Waals surface area contributed by atoms with Gasteiger partial charge in [0.05, 0.1) is 12.3 Å². The number of ether oxygens (including phenoxy) is 1. The van der Waals surface area contributed by atoms with Crippen LogP contribution in [0.2, 0.25) is 0 Å². The van der Waals surface area contributed by atoms with Crippen LogP contribution in [0.15, 0.2) is 60.7 Å². The molecule has 0 saturated carbocycles. The zero-order valence-electron chi connectivity index (χ0n) is 14.1. The molecule has 132 valence electrons. The van der Waals surface area contributed by atoms with Gasteiger partial charge in [0.15, 0.2) is 11.5 Å². The van der Waals surface area contributed by atoms with E-state index in [0.717, 1.165) is 0 Å². The summed E-state index contributed by atoms with van der Waals surface area (Å²) in [7, 11) is 0. The van der Waals surface area contributed by atoms with Crippen LogP contribution in [0.25, 0.3) is 0 Å². The molecular formula is C19H17FN4O2. The highest BCUT2D eigenvalue weighted by Crippen LogP contribution is 2.24. The molecule has 7 heteroatoms. The van der Waals surface area contributed by atoms with Crippen molar-refractivity contribution in [2.75, 3.05) is 17.2 Å². The average molecular weight is 352 g/mol. The van der Waals surface area contributed by atoms with Crippen LogP contribution in [-0.4, -0.2) is 22.7 Å². The second-order valence-electron chi connectivity index (χ2n) is 5.32. The van der Waals surface area contributed by atoms with Gasteiger partial charge >= 0.3 is 0 Å². The molecule has 0 aliphatic heterocycles.